The lowest BCUT2D eigenvalue weighted by molar-refractivity contribution is -0.137. The van der Waals surface area contributed by atoms with Gasteiger partial charge in [-0.1, -0.05) is 0 Å². The Kier molecular flexibility index (Phi) is 1.63. The molecule has 0 saturated heterocycles. The molecule has 0 bridgehead atoms. The summed E-state index contributed by atoms with van der Waals surface area (Å²) in [6.07, 6.45) is -3.18. The molecule has 4 nitrogen and oxygen atoms in total. The third-order valence-electron chi connectivity index (χ3n) is 1.76. The second-order valence-corrected chi connectivity index (χ2v) is 2.70. The van der Waals surface area contributed by atoms with E-state index in [4.69, 9.17) is 5.73 Å². The van der Waals surface area contributed by atoms with Gasteiger partial charge in [-0.05, 0) is 12.1 Å². The molecule has 0 amide bonds. The van der Waals surface area contributed by atoms with Gasteiger partial charge in [0, 0.05) is 6.20 Å². The summed E-state index contributed by atoms with van der Waals surface area (Å²) in [5, 5.41) is 6.92. The van der Waals surface area contributed by atoms with Gasteiger partial charge in [-0.25, -0.2) is 0 Å². The van der Waals surface area contributed by atoms with E-state index in [1.54, 1.807) is 0 Å². The predicted molar refractivity (Wildman–Crippen MR) is 42.4 cm³/mol. The van der Waals surface area contributed by atoms with Crippen LogP contribution in [0.2, 0.25) is 0 Å². The topological polar surface area (TPSA) is 56.2 Å². The Morgan fingerprint density at radius 2 is 2.00 bits per heavy atom. The summed E-state index contributed by atoms with van der Waals surface area (Å²) in [7, 11) is 0. The highest BCUT2D eigenvalue weighted by Gasteiger charge is 2.30. The Labute approximate surface area is 76.2 Å². The monoisotopic (exact) mass is 202 g/mol. The normalized spacial score (nSPS) is 12.2. The van der Waals surface area contributed by atoms with Crippen LogP contribution in [0.25, 0.3) is 5.65 Å². The molecular formula is C7H5F3N4. The smallest absolute Gasteiger partial charge is 0.368 e. The quantitative estimate of drug-likeness (QED) is 0.701. The predicted octanol–water partition coefficient (Wildman–Crippen LogP) is 1.33. The maximum Gasteiger partial charge on any atom is 0.416 e. The Bertz CT molecular complexity index is 473. The number of halogens is 3. The van der Waals surface area contributed by atoms with E-state index >= 15 is 0 Å². The molecule has 0 saturated carbocycles. The Hall–Kier alpha value is -1.79. The van der Waals surface area contributed by atoms with E-state index in [0.717, 1.165) is 12.1 Å². The molecule has 0 aromatic carbocycles. The molecular weight excluding hydrogens is 197 g/mol. The molecule has 0 aliphatic carbocycles. The van der Waals surface area contributed by atoms with Crippen molar-refractivity contribution in [2.45, 2.75) is 6.18 Å². The molecule has 0 unspecified atom stereocenters. The van der Waals surface area contributed by atoms with Gasteiger partial charge in [0.1, 0.15) is 0 Å². The van der Waals surface area contributed by atoms with Gasteiger partial charge in [0.2, 0.25) is 5.95 Å². The molecule has 0 radical (unpaired) electrons. The molecule has 0 spiro atoms. The summed E-state index contributed by atoms with van der Waals surface area (Å²) < 4.78 is 38.0. The fourth-order valence-corrected chi connectivity index (χ4v) is 1.09. The summed E-state index contributed by atoms with van der Waals surface area (Å²) >= 11 is 0. The zero-order chi connectivity index (χ0) is 10.3. The maximum absolute atomic E-state index is 12.2. The fraction of sp³-hybridized carbons (Fsp3) is 0.143. The Balaban J connectivity index is 2.63. The van der Waals surface area contributed by atoms with Gasteiger partial charge in [0.05, 0.1) is 5.56 Å². The number of fused-ring (bicyclic) bond motifs is 1. The molecule has 2 aromatic heterocycles. The van der Waals surface area contributed by atoms with Crippen molar-refractivity contribution in [3.05, 3.63) is 23.9 Å². The first-order valence-corrected chi connectivity index (χ1v) is 3.66. The van der Waals surface area contributed by atoms with Gasteiger partial charge in [-0.3, -0.25) is 4.40 Å². The van der Waals surface area contributed by atoms with Crippen LogP contribution in [-0.2, 0) is 6.18 Å². The van der Waals surface area contributed by atoms with E-state index in [0.29, 0.717) is 0 Å². The number of aromatic nitrogens is 3. The van der Waals surface area contributed by atoms with Gasteiger partial charge in [0.25, 0.3) is 0 Å². The Morgan fingerprint density at radius 1 is 1.29 bits per heavy atom. The molecule has 74 valence electrons. The SMILES string of the molecule is Nc1nnc2cc(C(F)(F)F)ccn12. The number of nitrogens with two attached hydrogens (primary N) is 1. The van der Waals surface area contributed by atoms with E-state index in [-0.39, 0.29) is 11.6 Å². The van der Waals surface area contributed by atoms with Crippen molar-refractivity contribution in [3.8, 4) is 0 Å². The van der Waals surface area contributed by atoms with Gasteiger partial charge < -0.3 is 5.73 Å². The van der Waals surface area contributed by atoms with Crippen molar-refractivity contribution in [2.75, 3.05) is 5.73 Å². The van der Waals surface area contributed by atoms with Crippen LogP contribution in [0.15, 0.2) is 18.3 Å². The molecule has 7 heteroatoms. The van der Waals surface area contributed by atoms with Crippen molar-refractivity contribution < 1.29 is 13.2 Å². The molecule has 14 heavy (non-hydrogen) atoms. The molecule has 2 N–H and O–H groups in total. The summed E-state index contributed by atoms with van der Waals surface area (Å²) in [5.74, 6) is 0.0636. The maximum atomic E-state index is 12.2. The van der Waals surface area contributed by atoms with Gasteiger partial charge in [-0.2, -0.15) is 13.2 Å². The van der Waals surface area contributed by atoms with Crippen LogP contribution in [-0.4, -0.2) is 14.6 Å². The highest BCUT2D eigenvalue weighted by molar-refractivity contribution is 5.46. The first-order valence-electron chi connectivity index (χ1n) is 3.66. The average Bonchev–Trinajstić information content (AvgIpc) is 2.46. The summed E-state index contributed by atoms with van der Waals surface area (Å²) in [5.41, 5.74) is 4.66. The third-order valence-corrected chi connectivity index (χ3v) is 1.76. The summed E-state index contributed by atoms with van der Waals surface area (Å²) in [4.78, 5) is 0. The van der Waals surface area contributed by atoms with Crippen molar-refractivity contribution in [1.82, 2.24) is 14.6 Å². The minimum Gasteiger partial charge on any atom is -0.368 e. The first kappa shape index (κ1) is 8.79. The Morgan fingerprint density at radius 3 is 2.64 bits per heavy atom. The largest absolute Gasteiger partial charge is 0.416 e. The van der Waals surface area contributed by atoms with Crippen LogP contribution in [0.1, 0.15) is 5.56 Å². The second-order valence-electron chi connectivity index (χ2n) is 2.70. The van der Waals surface area contributed by atoms with E-state index < -0.39 is 11.7 Å². The number of hydrogen-bond acceptors (Lipinski definition) is 3. The zero-order valence-corrected chi connectivity index (χ0v) is 6.78. The number of nitrogens with zero attached hydrogens (tertiary/aromatic N) is 3. The highest BCUT2D eigenvalue weighted by atomic mass is 19.4. The van der Waals surface area contributed by atoms with Gasteiger partial charge in [-0.15, -0.1) is 10.2 Å². The van der Waals surface area contributed by atoms with E-state index in [2.05, 4.69) is 10.2 Å². The van der Waals surface area contributed by atoms with E-state index in [1.807, 2.05) is 0 Å². The minimum atomic E-state index is -4.37. The highest BCUT2D eigenvalue weighted by Crippen LogP contribution is 2.29. The second kappa shape index (κ2) is 2.60. The third kappa shape index (κ3) is 1.26. The number of alkyl halides is 3. The number of pyridine rings is 1. The zero-order valence-electron chi connectivity index (χ0n) is 6.78. The summed E-state index contributed by atoms with van der Waals surface area (Å²) in [6.45, 7) is 0. The van der Waals surface area contributed by atoms with Crippen LogP contribution >= 0.6 is 0 Å². The van der Waals surface area contributed by atoms with Crippen LogP contribution in [0.4, 0.5) is 19.1 Å². The molecule has 0 aliphatic rings. The van der Waals surface area contributed by atoms with E-state index in [9.17, 15) is 13.2 Å². The average molecular weight is 202 g/mol. The number of nitrogen functional groups attached to an aromatic ring is 1. The van der Waals surface area contributed by atoms with E-state index in [1.165, 1.54) is 10.6 Å². The standard InChI is InChI=1S/C7H5F3N4/c8-7(9,10)4-1-2-14-5(3-4)12-13-6(14)11/h1-3H,(H2,11,13). The number of anilines is 1. The molecule has 0 fully saturated rings. The fourth-order valence-electron chi connectivity index (χ4n) is 1.09. The molecule has 0 atom stereocenters. The molecule has 2 heterocycles. The molecule has 2 rings (SSSR count). The lowest BCUT2D eigenvalue weighted by Crippen LogP contribution is -2.05. The molecule has 2 aromatic rings. The minimum absolute atomic E-state index is 0.0636. The summed E-state index contributed by atoms with van der Waals surface area (Å²) in [6, 6.07) is 1.82. The van der Waals surface area contributed by atoms with Crippen molar-refractivity contribution in [2.24, 2.45) is 0 Å². The van der Waals surface area contributed by atoms with Gasteiger partial charge in [0.15, 0.2) is 5.65 Å². The van der Waals surface area contributed by atoms with Gasteiger partial charge >= 0.3 is 6.18 Å². The lowest BCUT2D eigenvalue weighted by atomic mass is 10.2. The molecule has 0 aliphatic heterocycles. The first-order chi connectivity index (χ1) is 6.48. The van der Waals surface area contributed by atoms with Crippen molar-refractivity contribution in [3.63, 3.8) is 0 Å². The van der Waals surface area contributed by atoms with Crippen molar-refractivity contribution in [1.29, 1.82) is 0 Å². The number of hydrogen-bond donors (Lipinski definition) is 1. The lowest BCUT2D eigenvalue weighted by Gasteiger charge is -2.05. The number of rotatable bonds is 0. The van der Waals surface area contributed by atoms with Crippen LogP contribution in [0.5, 0.6) is 0 Å². The van der Waals surface area contributed by atoms with Crippen LogP contribution in [0, 0.1) is 0 Å². The van der Waals surface area contributed by atoms with Crippen molar-refractivity contribution >= 4 is 11.6 Å². The van der Waals surface area contributed by atoms with Crippen LogP contribution < -0.4 is 5.73 Å². The van der Waals surface area contributed by atoms with Crippen LogP contribution in [0.3, 0.4) is 0 Å².